The molecule has 1 aromatic rings. The van der Waals surface area contributed by atoms with Crippen molar-refractivity contribution in [1.29, 1.82) is 0 Å². The SMILES string of the molecule is C=C(Cl)CNc1ccc(C(=O)O)c(C)c1. The lowest BCUT2D eigenvalue weighted by atomic mass is 10.1. The van der Waals surface area contributed by atoms with Gasteiger partial charge in [-0.15, -0.1) is 0 Å². The molecule has 0 heterocycles. The Morgan fingerprint density at radius 3 is 2.73 bits per heavy atom. The molecule has 1 rings (SSSR count). The van der Waals surface area contributed by atoms with Crippen molar-refractivity contribution in [2.75, 3.05) is 11.9 Å². The number of carbonyl (C=O) groups is 1. The third-order valence-electron chi connectivity index (χ3n) is 1.94. The second-order valence-electron chi connectivity index (χ2n) is 3.21. The normalized spacial score (nSPS) is 9.73. The number of carboxylic acid groups (broad SMARTS) is 1. The van der Waals surface area contributed by atoms with Gasteiger partial charge in [0.1, 0.15) is 0 Å². The molecule has 0 saturated carbocycles. The summed E-state index contributed by atoms with van der Waals surface area (Å²) in [6.45, 7) is 5.77. The minimum absolute atomic E-state index is 0.310. The van der Waals surface area contributed by atoms with Gasteiger partial charge in [-0.05, 0) is 30.7 Å². The molecule has 0 fully saturated rings. The Labute approximate surface area is 93.4 Å². The maximum absolute atomic E-state index is 10.7. The average Bonchev–Trinajstić information content (AvgIpc) is 2.14. The molecule has 0 amide bonds. The quantitative estimate of drug-likeness (QED) is 0.829. The van der Waals surface area contributed by atoms with Gasteiger partial charge >= 0.3 is 5.97 Å². The van der Waals surface area contributed by atoms with Crippen LogP contribution in [0, 0.1) is 6.92 Å². The summed E-state index contributed by atoms with van der Waals surface area (Å²) in [5, 5.41) is 12.4. The summed E-state index contributed by atoms with van der Waals surface area (Å²) in [5.41, 5.74) is 1.86. The van der Waals surface area contributed by atoms with E-state index >= 15 is 0 Å². The van der Waals surface area contributed by atoms with Crippen molar-refractivity contribution in [2.24, 2.45) is 0 Å². The summed E-state index contributed by atoms with van der Waals surface area (Å²) in [5.74, 6) is -0.916. The van der Waals surface area contributed by atoms with Crippen molar-refractivity contribution in [3.8, 4) is 0 Å². The summed E-state index contributed by atoms with van der Waals surface area (Å²) in [4.78, 5) is 10.7. The number of carboxylic acids is 1. The van der Waals surface area contributed by atoms with Crippen molar-refractivity contribution < 1.29 is 9.90 Å². The van der Waals surface area contributed by atoms with Crippen LogP contribution in [0.2, 0.25) is 0 Å². The number of aryl methyl sites for hydroxylation is 1. The summed E-state index contributed by atoms with van der Waals surface area (Å²) in [7, 11) is 0. The fourth-order valence-corrected chi connectivity index (χ4v) is 1.28. The van der Waals surface area contributed by atoms with Crippen LogP contribution in [0.5, 0.6) is 0 Å². The third-order valence-corrected chi connectivity index (χ3v) is 2.07. The van der Waals surface area contributed by atoms with Gasteiger partial charge in [0.25, 0.3) is 0 Å². The zero-order valence-corrected chi connectivity index (χ0v) is 9.14. The van der Waals surface area contributed by atoms with Gasteiger partial charge in [0.15, 0.2) is 0 Å². The minimum Gasteiger partial charge on any atom is -0.478 e. The molecule has 0 aliphatic heterocycles. The molecule has 4 heteroatoms. The Bertz CT molecular complexity index is 402. The predicted octanol–water partition coefficient (Wildman–Crippen LogP) is 2.86. The van der Waals surface area contributed by atoms with Crippen LogP contribution < -0.4 is 5.32 Å². The summed E-state index contributed by atoms with van der Waals surface area (Å²) in [6, 6.07) is 5.04. The maximum atomic E-state index is 10.7. The van der Waals surface area contributed by atoms with E-state index in [9.17, 15) is 4.79 Å². The first kappa shape index (κ1) is 11.6. The molecule has 0 bridgehead atoms. The molecule has 0 aliphatic carbocycles. The van der Waals surface area contributed by atoms with Crippen molar-refractivity contribution in [3.63, 3.8) is 0 Å². The number of hydrogen-bond acceptors (Lipinski definition) is 2. The van der Waals surface area contributed by atoms with Gasteiger partial charge in [-0.2, -0.15) is 0 Å². The van der Waals surface area contributed by atoms with Gasteiger partial charge in [-0.3, -0.25) is 0 Å². The Hall–Kier alpha value is -1.48. The summed E-state index contributed by atoms with van der Waals surface area (Å²) in [6.07, 6.45) is 0. The van der Waals surface area contributed by atoms with Gasteiger partial charge < -0.3 is 10.4 Å². The van der Waals surface area contributed by atoms with Crippen molar-refractivity contribution >= 4 is 23.3 Å². The molecule has 0 spiro atoms. The first-order valence-corrected chi connectivity index (χ1v) is 4.79. The zero-order chi connectivity index (χ0) is 11.4. The van der Waals surface area contributed by atoms with E-state index in [1.54, 1.807) is 25.1 Å². The molecule has 80 valence electrons. The molecule has 0 atom stereocenters. The first-order valence-electron chi connectivity index (χ1n) is 4.42. The molecular formula is C11H12ClNO2. The van der Waals surface area contributed by atoms with Crippen LogP contribution in [0.25, 0.3) is 0 Å². The highest BCUT2D eigenvalue weighted by Gasteiger charge is 2.06. The highest BCUT2D eigenvalue weighted by Crippen LogP contribution is 2.15. The van der Waals surface area contributed by atoms with E-state index in [2.05, 4.69) is 11.9 Å². The van der Waals surface area contributed by atoms with Crippen LogP contribution in [-0.4, -0.2) is 17.6 Å². The topological polar surface area (TPSA) is 49.3 Å². The van der Waals surface area contributed by atoms with E-state index in [4.69, 9.17) is 16.7 Å². The second-order valence-corrected chi connectivity index (χ2v) is 3.74. The predicted molar refractivity (Wildman–Crippen MR) is 61.6 cm³/mol. The number of rotatable bonds is 4. The van der Waals surface area contributed by atoms with Gasteiger partial charge in [0.2, 0.25) is 0 Å². The molecule has 0 radical (unpaired) electrons. The lowest BCUT2D eigenvalue weighted by Gasteiger charge is -2.07. The molecule has 15 heavy (non-hydrogen) atoms. The molecule has 3 nitrogen and oxygen atoms in total. The van der Waals surface area contributed by atoms with Crippen molar-refractivity contribution in [3.05, 3.63) is 40.9 Å². The Kier molecular flexibility index (Phi) is 3.74. The van der Waals surface area contributed by atoms with Crippen LogP contribution in [0.1, 0.15) is 15.9 Å². The Morgan fingerprint density at radius 2 is 2.27 bits per heavy atom. The number of benzene rings is 1. The van der Waals surface area contributed by atoms with E-state index in [0.717, 1.165) is 5.69 Å². The standard InChI is InChI=1S/C11H12ClNO2/c1-7-5-9(13-6-8(2)12)3-4-10(7)11(14)15/h3-5,13H,2,6H2,1H3,(H,14,15). The Morgan fingerprint density at radius 1 is 1.60 bits per heavy atom. The average molecular weight is 226 g/mol. The molecule has 0 aliphatic rings. The number of nitrogens with one attached hydrogen (secondary N) is 1. The van der Waals surface area contributed by atoms with E-state index in [1.807, 2.05) is 0 Å². The summed E-state index contributed by atoms with van der Waals surface area (Å²) < 4.78 is 0. The fraction of sp³-hybridized carbons (Fsp3) is 0.182. The van der Waals surface area contributed by atoms with Gasteiger partial charge in [0, 0.05) is 10.7 Å². The van der Waals surface area contributed by atoms with Gasteiger partial charge in [0.05, 0.1) is 12.1 Å². The van der Waals surface area contributed by atoms with Crippen LogP contribution in [-0.2, 0) is 0 Å². The molecule has 0 saturated heterocycles. The van der Waals surface area contributed by atoms with E-state index in [1.165, 1.54) is 0 Å². The number of aromatic carboxylic acids is 1. The van der Waals surface area contributed by atoms with Crippen LogP contribution in [0.15, 0.2) is 29.8 Å². The molecule has 0 aromatic heterocycles. The third kappa shape index (κ3) is 3.29. The monoisotopic (exact) mass is 225 g/mol. The van der Waals surface area contributed by atoms with Crippen molar-refractivity contribution in [2.45, 2.75) is 6.92 Å². The molecule has 2 N–H and O–H groups in total. The Balaban J connectivity index is 2.82. The number of hydrogen-bond donors (Lipinski definition) is 2. The first-order chi connectivity index (χ1) is 7.00. The van der Waals surface area contributed by atoms with E-state index in [-0.39, 0.29) is 0 Å². The smallest absolute Gasteiger partial charge is 0.335 e. The van der Waals surface area contributed by atoms with Crippen LogP contribution in [0.4, 0.5) is 5.69 Å². The minimum atomic E-state index is -0.916. The maximum Gasteiger partial charge on any atom is 0.335 e. The molecular weight excluding hydrogens is 214 g/mol. The highest BCUT2D eigenvalue weighted by molar-refractivity contribution is 6.29. The van der Waals surface area contributed by atoms with Gasteiger partial charge in [-0.1, -0.05) is 18.2 Å². The highest BCUT2D eigenvalue weighted by atomic mass is 35.5. The van der Waals surface area contributed by atoms with Crippen molar-refractivity contribution in [1.82, 2.24) is 0 Å². The lowest BCUT2D eigenvalue weighted by molar-refractivity contribution is 0.0696. The second kappa shape index (κ2) is 4.84. The zero-order valence-electron chi connectivity index (χ0n) is 8.38. The summed E-state index contributed by atoms with van der Waals surface area (Å²) >= 11 is 5.60. The number of anilines is 1. The molecule has 1 aromatic carbocycles. The van der Waals surface area contributed by atoms with E-state index < -0.39 is 5.97 Å². The largest absolute Gasteiger partial charge is 0.478 e. The van der Waals surface area contributed by atoms with Gasteiger partial charge in [-0.25, -0.2) is 4.79 Å². The van der Waals surface area contributed by atoms with Crippen LogP contribution >= 0.6 is 11.6 Å². The fourth-order valence-electron chi connectivity index (χ4n) is 1.21. The molecule has 0 unspecified atom stereocenters. The van der Waals surface area contributed by atoms with Crippen LogP contribution in [0.3, 0.4) is 0 Å². The lowest BCUT2D eigenvalue weighted by Crippen LogP contribution is -2.04. The van der Waals surface area contributed by atoms with E-state index in [0.29, 0.717) is 22.7 Å². The number of halogens is 1.